The van der Waals surface area contributed by atoms with Gasteiger partial charge in [0.2, 0.25) is 5.91 Å². The van der Waals surface area contributed by atoms with Gasteiger partial charge in [-0.05, 0) is 30.0 Å². The van der Waals surface area contributed by atoms with Gasteiger partial charge in [0.15, 0.2) is 0 Å². The molecule has 0 aromatic carbocycles. The molecule has 1 heterocycles. The lowest BCUT2D eigenvalue weighted by atomic mass is 10.4. The van der Waals surface area contributed by atoms with E-state index in [9.17, 15) is 4.79 Å². The Bertz CT molecular complexity index is 322. The fraction of sp³-hybridized carbons (Fsp3) is 0.455. The van der Waals surface area contributed by atoms with E-state index in [2.05, 4.69) is 15.6 Å². The molecule has 0 aliphatic heterocycles. The molecule has 0 bridgehead atoms. The summed E-state index contributed by atoms with van der Waals surface area (Å²) in [4.78, 5) is 15.5. The van der Waals surface area contributed by atoms with Crippen molar-refractivity contribution >= 4 is 27.5 Å². The lowest BCUT2D eigenvalue weighted by Gasteiger charge is -2.04. The first-order chi connectivity index (χ1) is 8.33. The molecule has 0 saturated heterocycles. The van der Waals surface area contributed by atoms with E-state index in [4.69, 9.17) is 0 Å². The number of hydrogen-bond donors (Lipinski definition) is 2. The zero-order chi connectivity index (χ0) is 12.3. The normalized spacial score (nSPS) is 10.2. The summed E-state index contributed by atoms with van der Waals surface area (Å²) in [6.45, 7) is 1.49. The molecular weight excluding hydrogens is 254 g/mol. The van der Waals surface area contributed by atoms with Crippen molar-refractivity contribution < 1.29 is 4.79 Å². The van der Waals surface area contributed by atoms with Crippen LogP contribution in [0.3, 0.4) is 0 Å². The van der Waals surface area contributed by atoms with E-state index in [-0.39, 0.29) is 5.91 Å². The predicted molar refractivity (Wildman–Crippen MR) is 74.1 cm³/mol. The molecule has 17 heavy (non-hydrogen) atoms. The summed E-state index contributed by atoms with van der Waals surface area (Å²) in [7, 11) is 5.12. The van der Waals surface area contributed by atoms with Gasteiger partial charge in [-0.1, -0.05) is 16.9 Å². The fourth-order valence-corrected chi connectivity index (χ4v) is 2.92. The number of rotatable bonds is 8. The Kier molecular flexibility index (Phi) is 7.87. The Labute approximate surface area is 110 Å². The van der Waals surface area contributed by atoms with E-state index < -0.39 is 0 Å². The van der Waals surface area contributed by atoms with Gasteiger partial charge < -0.3 is 10.6 Å². The quantitative estimate of drug-likeness (QED) is 0.555. The fourth-order valence-electron chi connectivity index (χ4n) is 1.05. The van der Waals surface area contributed by atoms with Gasteiger partial charge in [-0.3, -0.25) is 4.79 Å². The van der Waals surface area contributed by atoms with Crippen LogP contribution in [0.1, 0.15) is 6.42 Å². The standard InChI is InChI=1S/C11H17N3OS2/c1-12-7-8-13-10(15)5-9-16-17-11-4-2-3-6-14-11/h2-4,6,12H,5,7-9H2,1H3,(H,13,15). The Hall–Kier alpha value is -0.720. The van der Waals surface area contributed by atoms with E-state index >= 15 is 0 Å². The molecule has 0 saturated carbocycles. The lowest BCUT2D eigenvalue weighted by Crippen LogP contribution is -2.30. The molecule has 1 rings (SSSR count). The van der Waals surface area contributed by atoms with E-state index in [0.29, 0.717) is 13.0 Å². The molecule has 0 aliphatic carbocycles. The molecule has 1 amide bonds. The second kappa shape index (κ2) is 9.32. The van der Waals surface area contributed by atoms with Crippen LogP contribution in [0.5, 0.6) is 0 Å². The van der Waals surface area contributed by atoms with Gasteiger partial charge in [-0.2, -0.15) is 0 Å². The number of pyridine rings is 1. The molecule has 2 N–H and O–H groups in total. The molecule has 0 fully saturated rings. The van der Waals surface area contributed by atoms with Crippen LogP contribution in [-0.2, 0) is 4.79 Å². The molecule has 94 valence electrons. The van der Waals surface area contributed by atoms with Crippen LogP contribution < -0.4 is 10.6 Å². The third-order valence-electron chi connectivity index (χ3n) is 1.89. The van der Waals surface area contributed by atoms with Crippen LogP contribution in [0.4, 0.5) is 0 Å². The zero-order valence-electron chi connectivity index (χ0n) is 9.81. The maximum Gasteiger partial charge on any atom is 0.220 e. The molecule has 6 heteroatoms. The van der Waals surface area contributed by atoms with Crippen molar-refractivity contribution in [2.45, 2.75) is 11.4 Å². The Morgan fingerprint density at radius 1 is 1.41 bits per heavy atom. The average molecular weight is 271 g/mol. The largest absolute Gasteiger partial charge is 0.355 e. The van der Waals surface area contributed by atoms with Gasteiger partial charge in [0, 0.05) is 31.5 Å². The Morgan fingerprint density at radius 2 is 2.29 bits per heavy atom. The first-order valence-electron chi connectivity index (χ1n) is 5.44. The Morgan fingerprint density at radius 3 is 3.00 bits per heavy atom. The smallest absolute Gasteiger partial charge is 0.220 e. The number of likely N-dealkylation sites (N-methyl/N-ethyl adjacent to an activating group) is 1. The summed E-state index contributed by atoms with van der Waals surface area (Å²) in [6.07, 6.45) is 2.32. The van der Waals surface area contributed by atoms with E-state index in [0.717, 1.165) is 17.3 Å². The molecule has 0 aliphatic rings. The van der Waals surface area contributed by atoms with Crippen molar-refractivity contribution in [3.63, 3.8) is 0 Å². The van der Waals surface area contributed by atoms with Crippen molar-refractivity contribution in [3.8, 4) is 0 Å². The molecule has 1 aromatic rings. The minimum Gasteiger partial charge on any atom is -0.355 e. The third kappa shape index (κ3) is 7.25. The molecule has 0 radical (unpaired) electrons. The minimum atomic E-state index is 0.106. The third-order valence-corrected chi connectivity index (χ3v) is 4.16. The number of aromatic nitrogens is 1. The van der Waals surface area contributed by atoms with Gasteiger partial charge in [-0.15, -0.1) is 0 Å². The number of amides is 1. The molecule has 0 atom stereocenters. The highest BCUT2D eigenvalue weighted by Crippen LogP contribution is 2.29. The topological polar surface area (TPSA) is 54.0 Å². The monoisotopic (exact) mass is 271 g/mol. The first kappa shape index (κ1) is 14.3. The maximum absolute atomic E-state index is 11.4. The van der Waals surface area contributed by atoms with Crippen LogP contribution in [0.25, 0.3) is 0 Å². The predicted octanol–water partition coefficient (Wildman–Crippen LogP) is 1.55. The molecule has 4 nitrogen and oxygen atoms in total. The van der Waals surface area contributed by atoms with Crippen molar-refractivity contribution in [3.05, 3.63) is 24.4 Å². The summed E-state index contributed by atoms with van der Waals surface area (Å²) in [6, 6.07) is 5.81. The summed E-state index contributed by atoms with van der Waals surface area (Å²) >= 11 is 0. The Balaban J connectivity index is 2.02. The summed E-state index contributed by atoms with van der Waals surface area (Å²) in [5.41, 5.74) is 0. The van der Waals surface area contributed by atoms with Crippen LogP contribution in [0, 0.1) is 0 Å². The van der Waals surface area contributed by atoms with Crippen LogP contribution >= 0.6 is 21.6 Å². The highest BCUT2D eigenvalue weighted by atomic mass is 33.1. The van der Waals surface area contributed by atoms with Crippen LogP contribution in [-0.4, -0.2) is 36.8 Å². The number of carbonyl (C=O) groups is 1. The number of nitrogens with zero attached hydrogens (tertiary/aromatic N) is 1. The van der Waals surface area contributed by atoms with Crippen LogP contribution in [0.15, 0.2) is 29.4 Å². The average Bonchev–Trinajstić information content (AvgIpc) is 2.36. The van der Waals surface area contributed by atoms with Crippen LogP contribution in [0.2, 0.25) is 0 Å². The SMILES string of the molecule is CNCCNC(=O)CCSSc1ccccn1. The van der Waals surface area contributed by atoms with Gasteiger partial charge in [0.1, 0.15) is 5.03 Å². The van der Waals surface area contributed by atoms with Crippen molar-refractivity contribution in [1.82, 2.24) is 15.6 Å². The highest BCUT2D eigenvalue weighted by Gasteiger charge is 2.01. The summed E-state index contributed by atoms with van der Waals surface area (Å²) in [5.74, 6) is 0.904. The maximum atomic E-state index is 11.4. The van der Waals surface area contributed by atoms with E-state index in [1.165, 1.54) is 0 Å². The molecule has 0 spiro atoms. The lowest BCUT2D eigenvalue weighted by molar-refractivity contribution is -0.120. The number of hydrogen-bond acceptors (Lipinski definition) is 5. The van der Waals surface area contributed by atoms with Gasteiger partial charge in [0.05, 0.1) is 0 Å². The molecular formula is C11H17N3OS2. The second-order valence-corrected chi connectivity index (χ2v) is 5.71. The zero-order valence-corrected chi connectivity index (χ0v) is 11.4. The minimum absolute atomic E-state index is 0.106. The van der Waals surface area contributed by atoms with E-state index in [1.54, 1.807) is 27.8 Å². The molecule has 0 unspecified atom stereocenters. The van der Waals surface area contributed by atoms with Gasteiger partial charge in [0.25, 0.3) is 0 Å². The van der Waals surface area contributed by atoms with Crippen molar-refractivity contribution in [2.24, 2.45) is 0 Å². The highest BCUT2D eigenvalue weighted by molar-refractivity contribution is 8.76. The van der Waals surface area contributed by atoms with E-state index in [1.807, 2.05) is 25.2 Å². The second-order valence-electron chi connectivity index (χ2n) is 3.28. The number of carbonyl (C=O) groups excluding carboxylic acids is 1. The summed E-state index contributed by atoms with van der Waals surface area (Å²) in [5, 5.41) is 6.80. The van der Waals surface area contributed by atoms with Crippen molar-refractivity contribution in [2.75, 3.05) is 25.9 Å². The molecule has 1 aromatic heterocycles. The van der Waals surface area contributed by atoms with Gasteiger partial charge in [-0.25, -0.2) is 4.98 Å². The van der Waals surface area contributed by atoms with Crippen molar-refractivity contribution in [1.29, 1.82) is 0 Å². The first-order valence-corrected chi connectivity index (χ1v) is 7.76. The van der Waals surface area contributed by atoms with Gasteiger partial charge >= 0.3 is 0 Å². The number of nitrogens with one attached hydrogen (secondary N) is 2. The summed E-state index contributed by atoms with van der Waals surface area (Å²) < 4.78 is 0.